The molecule has 34 heavy (non-hydrogen) atoms. The van der Waals surface area contributed by atoms with Crippen LogP contribution in [0.1, 0.15) is 29.3 Å². The predicted octanol–water partition coefficient (Wildman–Crippen LogP) is 6.68. The molecule has 4 heterocycles. The minimum Gasteiger partial charge on any atom is -0.369 e. The zero-order valence-corrected chi connectivity index (χ0v) is 21.0. The van der Waals surface area contributed by atoms with Gasteiger partial charge in [0.1, 0.15) is 0 Å². The minimum atomic E-state index is 0.369. The van der Waals surface area contributed by atoms with Gasteiger partial charge >= 0.3 is 0 Å². The first-order chi connectivity index (χ1) is 16.7. The van der Waals surface area contributed by atoms with Crippen molar-refractivity contribution in [1.29, 1.82) is 0 Å². The van der Waals surface area contributed by atoms with Crippen LogP contribution in [-0.4, -0.2) is 37.7 Å². The summed E-state index contributed by atoms with van der Waals surface area (Å²) in [4.78, 5) is 11.4. The van der Waals surface area contributed by atoms with Crippen molar-refractivity contribution < 1.29 is 0 Å². The zero-order chi connectivity index (χ0) is 23.1. The van der Waals surface area contributed by atoms with E-state index in [1.807, 2.05) is 23.5 Å². The maximum atomic E-state index is 6.18. The molecule has 0 saturated carbocycles. The SMILES string of the molecule is Cc1cc2nc(-c3ccc(N4CCNCC4)cc3)cc(N3CCCC3c3ccc(Cl)cc3)c2s1. The number of rotatable bonds is 4. The Bertz CT molecular complexity index is 1290. The number of nitrogens with one attached hydrogen (secondary N) is 1. The number of aromatic nitrogens is 1. The van der Waals surface area contributed by atoms with Crippen LogP contribution < -0.4 is 15.1 Å². The fourth-order valence-electron chi connectivity index (χ4n) is 5.34. The maximum absolute atomic E-state index is 6.18. The largest absolute Gasteiger partial charge is 0.369 e. The van der Waals surface area contributed by atoms with Gasteiger partial charge in [-0.1, -0.05) is 35.9 Å². The Hall–Kier alpha value is -2.60. The third-order valence-corrected chi connectivity index (χ3v) is 8.36. The van der Waals surface area contributed by atoms with E-state index in [2.05, 4.69) is 70.6 Å². The van der Waals surface area contributed by atoms with Crippen LogP contribution >= 0.6 is 22.9 Å². The number of hydrogen-bond donors (Lipinski definition) is 1. The highest BCUT2D eigenvalue weighted by atomic mass is 35.5. The summed E-state index contributed by atoms with van der Waals surface area (Å²) in [6, 6.07) is 22.2. The van der Waals surface area contributed by atoms with E-state index >= 15 is 0 Å². The first kappa shape index (κ1) is 21.9. The van der Waals surface area contributed by atoms with Crippen LogP contribution in [0.15, 0.2) is 60.7 Å². The second-order valence-corrected chi connectivity index (χ2v) is 11.0. The quantitative estimate of drug-likeness (QED) is 0.347. The maximum Gasteiger partial charge on any atom is 0.0841 e. The van der Waals surface area contributed by atoms with E-state index in [4.69, 9.17) is 16.6 Å². The summed E-state index contributed by atoms with van der Waals surface area (Å²) < 4.78 is 1.29. The Morgan fingerprint density at radius 2 is 1.74 bits per heavy atom. The molecule has 2 aliphatic heterocycles. The molecule has 4 aromatic rings. The average molecular weight is 489 g/mol. The van der Waals surface area contributed by atoms with Crippen molar-refractivity contribution in [3.8, 4) is 11.3 Å². The normalized spacial score (nSPS) is 18.7. The van der Waals surface area contributed by atoms with Gasteiger partial charge in [-0.2, -0.15) is 0 Å². The van der Waals surface area contributed by atoms with Crippen LogP contribution in [0.25, 0.3) is 21.5 Å². The molecule has 174 valence electrons. The van der Waals surface area contributed by atoms with Crippen LogP contribution in [0.5, 0.6) is 0 Å². The number of piperazine rings is 1. The van der Waals surface area contributed by atoms with Gasteiger partial charge in [-0.25, -0.2) is 4.98 Å². The molecule has 2 aromatic carbocycles. The number of nitrogens with zero attached hydrogens (tertiary/aromatic N) is 3. The molecule has 2 aliphatic rings. The molecule has 2 fully saturated rings. The van der Waals surface area contributed by atoms with Gasteiger partial charge in [0.25, 0.3) is 0 Å². The summed E-state index contributed by atoms with van der Waals surface area (Å²) in [6.07, 6.45) is 2.35. The number of benzene rings is 2. The number of pyridine rings is 1. The monoisotopic (exact) mass is 488 g/mol. The first-order valence-electron chi connectivity index (χ1n) is 12.2. The molecule has 6 heteroatoms. The molecular weight excluding hydrogens is 460 g/mol. The second-order valence-electron chi connectivity index (χ2n) is 9.28. The summed E-state index contributed by atoms with van der Waals surface area (Å²) in [6.45, 7) is 7.45. The lowest BCUT2D eigenvalue weighted by Crippen LogP contribution is -2.43. The molecular formula is C28H29ClN4S. The Kier molecular flexibility index (Phi) is 5.94. The lowest BCUT2D eigenvalue weighted by molar-refractivity contribution is 0.589. The Balaban J connectivity index is 1.39. The average Bonchev–Trinajstić information content (AvgIpc) is 3.51. The minimum absolute atomic E-state index is 0.369. The van der Waals surface area contributed by atoms with Crippen molar-refractivity contribution in [3.63, 3.8) is 0 Å². The molecule has 0 spiro atoms. The number of thiophene rings is 1. The number of halogens is 1. The topological polar surface area (TPSA) is 31.4 Å². The van der Waals surface area contributed by atoms with Gasteiger partial charge in [-0.05, 0) is 61.7 Å². The second kappa shape index (κ2) is 9.21. The van der Waals surface area contributed by atoms with Crippen molar-refractivity contribution in [1.82, 2.24) is 10.3 Å². The van der Waals surface area contributed by atoms with Gasteiger partial charge in [-0.3, -0.25) is 0 Å². The summed E-state index contributed by atoms with van der Waals surface area (Å²) >= 11 is 8.03. The molecule has 2 aromatic heterocycles. The van der Waals surface area contributed by atoms with Gasteiger partial charge in [0.05, 0.1) is 27.6 Å². The van der Waals surface area contributed by atoms with Crippen molar-refractivity contribution in [2.24, 2.45) is 0 Å². The third-order valence-electron chi connectivity index (χ3n) is 7.04. The zero-order valence-electron chi connectivity index (χ0n) is 19.4. The van der Waals surface area contributed by atoms with Gasteiger partial charge in [0, 0.05) is 53.9 Å². The van der Waals surface area contributed by atoms with Crippen LogP contribution in [0.4, 0.5) is 11.4 Å². The van der Waals surface area contributed by atoms with E-state index < -0.39 is 0 Å². The highest BCUT2D eigenvalue weighted by molar-refractivity contribution is 7.19. The number of aryl methyl sites for hydroxylation is 1. The van der Waals surface area contributed by atoms with E-state index in [9.17, 15) is 0 Å². The van der Waals surface area contributed by atoms with Gasteiger partial charge < -0.3 is 15.1 Å². The van der Waals surface area contributed by atoms with E-state index in [1.54, 1.807) is 0 Å². The first-order valence-corrected chi connectivity index (χ1v) is 13.3. The molecule has 1 atom stereocenters. The van der Waals surface area contributed by atoms with Gasteiger partial charge in [0.2, 0.25) is 0 Å². The highest BCUT2D eigenvalue weighted by Crippen LogP contribution is 2.43. The van der Waals surface area contributed by atoms with E-state index in [0.717, 1.165) is 55.4 Å². The lowest BCUT2D eigenvalue weighted by Gasteiger charge is -2.29. The number of fused-ring (bicyclic) bond motifs is 1. The Labute approximate surface area is 210 Å². The van der Waals surface area contributed by atoms with E-state index in [-0.39, 0.29) is 0 Å². The third kappa shape index (κ3) is 4.17. The summed E-state index contributed by atoms with van der Waals surface area (Å²) in [5.74, 6) is 0. The van der Waals surface area contributed by atoms with E-state index in [1.165, 1.54) is 38.5 Å². The van der Waals surface area contributed by atoms with E-state index in [0.29, 0.717) is 6.04 Å². The molecule has 6 rings (SSSR count). The standard InChI is InChI=1S/C28H29ClN4S/c1-19-17-25-28(34-19)27(33-14-2-3-26(33)21-4-8-22(29)9-5-21)18-24(31-25)20-6-10-23(11-7-20)32-15-12-30-13-16-32/h4-11,17-18,26,30H,2-3,12-16H2,1H3. The lowest BCUT2D eigenvalue weighted by atomic mass is 10.0. The van der Waals surface area contributed by atoms with Crippen LogP contribution in [0, 0.1) is 6.92 Å². The van der Waals surface area contributed by atoms with Crippen LogP contribution in [-0.2, 0) is 0 Å². The summed E-state index contributed by atoms with van der Waals surface area (Å²) in [7, 11) is 0. The molecule has 1 unspecified atom stereocenters. The molecule has 2 saturated heterocycles. The van der Waals surface area contributed by atoms with Crippen molar-refractivity contribution in [2.45, 2.75) is 25.8 Å². The fraction of sp³-hybridized carbons (Fsp3) is 0.321. The molecule has 0 radical (unpaired) electrons. The fourth-order valence-corrected chi connectivity index (χ4v) is 6.45. The predicted molar refractivity (Wildman–Crippen MR) is 146 cm³/mol. The summed E-state index contributed by atoms with van der Waals surface area (Å²) in [5.41, 5.74) is 7.26. The number of anilines is 2. The summed E-state index contributed by atoms with van der Waals surface area (Å²) in [5, 5.41) is 4.22. The van der Waals surface area contributed by atoms with Crippen molar-refractivity contribution in [2.75, 3.05) is 42.5 Å². The Morgan fingerprint density at radius 1 is 0.971 bits per heavy atom. The molecule has 0 amide bonds. The van der Waals surface area contributed by atoms with Gasteiger partial charge in [-0.15, -0.1) is 11.3 Å². The van der Waals surface area contributed by atoms with Crippen molar-refractivity contribution in [3.05, 3.63) is 76.1 Å². The molecule has 4 nitrogen and oxygen atoms in total. The molecule has 0 bridgehead atoms. The molecule has 0 aliphatic carbocycles. The van der Waals surface area contributed by atoms with Crippen molar-refractivity contribution >= 4 is 44.5 Å². The van der Waals surface area contributed by atoms with Crippen LogP contribution in [0.2, 0.25) is 5.02 Å². The highest BCUT2D eigenvalue weighted by Gasteiger charge is 2.28. The Morgan fingerprint density at radius 3 is 2.50 bits per heavy atom. The van der Waals surface area contributed by atoms with Crippen LogP contribution in [0.3, 0.4) is 0 Å². The smallest absolute Gasteiger partial charge is 0.0841 e. The van der Waals surface area contributed by atoms with Gasteiger partial charge in [0.15, 0.2) is 0 Å². The molecule has 1 N–H and O–H groups in total. The number of hydrogen-bond acceptors (Lipinski definition) is 5.